The van der Waals surface area contributed by atoms with Crippen LogP contribution in [0.15, 0.2) is 54.7 Å². The highest BCUT2D eigenvalue weighted by Gasteiger charge is 2.40. The Labute approximate surface area is 392 Å². The number of rotatable bonds is 18. The number of hydrogen-bond donors (Lipinski definition) is 5. The number of aryl methyl sites for hydroxylation is 1. The van der Waals surface area contributed by atoms with E-state index in [1.165, 1.54) is 9.78 Å². The third-order valence-corrected chi connectivity index (χ3v) is 13.6. The topological polar surface area (TPSA) is 220 Å². The minimum atomic E-state index is -0.731. The smallest absolute Gasteiger partial charge is 0.255 e. The number of piperidine rings is 2. The number of nitrogens with zero attached hydrogens (tertiary/aromatic N) is 6. The van der Waals surface area contributed by atoms with E-state index < -0.39 is 11.9 Å². The van der Waals surface area contributed by atoms with E-state index in [1.54, 1.807) is 73.0 Å². The molecule has 0 aliphatic carbocycles. The Morgan fingerprint density at radius 3 is 2.57 bits per heavy atom. The van der Waals surface area contributed by atoms with Crippen molar-refractivity contribution in [1.82, 2.24) is 35.7 Å². The van der Waals surface area contributed by atoms with Crippen molar-refractivity contribution in [1.29, 1.82) is 0 Å². The molecule has 0 radical (unpaired) electrons. The quantitative estimate of drug-likeness (QED) is 0.0712. The average Bonchev–Trinajstić information content (AvgIpc) is 3.90. The fourth-order valence-corrected chi connectivity index (χ4v) is 9.87. The van der Waals surface area contributed by atoms with Crippen LogP contribution in [0.3, 0.4) is 0 Å². The van der Waals surface area contributed by atoms with Crippen molar-refractivity contribution in [3.63, 3.8) is 0 Å². The standard InChI is InChI=1S/C47H57N11O8S/c1-5-36-46(64)55(3)38-24-49-47(54-42(38)57(36)26-31-11-9-28(2)67-31)52-35-12-10-29(23-39(35)65-4)43(61)50-30-15-18-56(19-16-30)20-22-66-21-17-48-25-41(60)51-34-8-6-7-32-33(34)27-58(45(32)63)37-13-14-40(59)53-44(37)62/h6-12,23-24,30,36-37,48H,5,13-22,25-27H2,1-4H3,(H,50,61)(H,51,60)(H,49,52,54)(H,53,59,62)/t36-,37?/m1/s1. The summed E-state index contributed by atoms with van der Waals surface area (Å²) < 4.78 is 11.5. The molecule has 0 bridgehead atoms. The highest BCUT2D eigenvalue weighted by atomic mass is 32.1. The molecule has 4 aliphatic rings. The molecular weight excluding hydrogens is 879 g/mol. The van der Waals surface area contributed by atoms with Crippen LogP contribution in [0.25, 0.3) is 0 Å². The van der Waals surface area contributed by atoms with Crippen molar-refractivity contribution in [2.24, 2.45) is 0 Å². The molecule has 2 aromatic heterocycles. The number of likely N-dealkylation sites (tertiary alicyclic amines) is 1. The lowest BCUT2D eigenvalue weighted by atomic mass is 10.0. The minimum absolute atomic E-state index is 0.00237. The molecule has 6 amide bonds. The minimum Gasteiger partial charge on any atom is -0.495 e. The summed E-state index contributed by atoms with van der Waals surface area (Å²) in [6.45, 7) is 8.62. The number of nitrogens with one attached hydrogen (secondary N) is 5. The van der Waals surface area contributed by atoms with Gasteiger partial charge >= 0.3 is 0 Å². The van der Waals surface area contributed by atoms with Crippen LogP contribution in [0.1, 0.15) is 75.1 Å². The van der Waals surface area contributed by atoms with Crippen LogP contribution in [-0.2, 0) is 37.0 Å². The van der Waals surface area contributed by atoms with E-state index in [9.17, 15) is 28.8 Å². The summed E-state index contributed by atoms with van der Waals surface area (Å²) >= 11 is 1.70. The van der Waals surface area contributed by atoms with Crippen LogP contribution in [-0.4, -0.2) is 133 Å². The van der Waals surface area contributed by atoms with Gasteiger partial charge < -0.3 is 50.3 Å². The Bertz CT molecular complexity index is 2530. The number of hydrogen-bond acceptors (Lipinski definition) is 15. The number of amides is 6. The number of anilines is 5. The van der Waals surface area contributed by atoms with E-state index in [0.717, 1.165) is 37.4 Å². The number of fused-ring (bicyclic) bond motifs is 2. The van der Waals surface area contributed by atoms with Gasteiger partial charge in [0.25, 0.3) is 11.8 Å². The van der Waals surface area contributed by atoms with Crippen molar-refractivity contribution in [2.45, 2.75) is 77.2 Å². The summed E-state index contributed by atoms with van der Waals surface area (Å²) in [6.07, 6.45) is 4.31. The molecule has 6 heterocycles. The Balaban J connectivity index is 0.741. The van der Waals surface area contributed by atoms with Gasteiger partial charge in [0.15, 0.2) is 5.82 Å². The van der Waals surface area contributed by atoms with E-state index >= 15 is 0 Å². The first kappa shape index (κ1) is 47.0. The lowest BCUT2D eigenvalue weighted by molar-refractivity contribution is -0.137. The van der Waals surface area contributed by atoms with Crippen LogP contribution in [0, 0.1) is 6.92 Å². The second kappa shape index (κ2) is 21.0. The number of ether oxygens (including phenoxy) is 2. The monoisotopic (exact) mass is 935 g/mol. The molecule has 4 aromatic rings. The first-order chi connectivity index (χ1) is 32.4. The van der Waals surface area contributed by atoms with Gasteiger partial charge in [0.05, 0.1) is 45.3 Å². The maximum Gasteiger partial charge on any atom is 0.255 e. The molecule has 2 fully saturated rings. The molecule has 67 heavy (non-hydrogen) atoms. The van der Waals surface area contributed by atoms with E-state index in [0.29, 0.717) is 84.0 Å². The summed E-state index contributed by atoms with van der Waals surface area (Å²) in [7, 11) is 3.30. The molecule has 20 heteroatoms. The molecule has 5 N–H and O–H groups in total. The molecule has 0 spiro atoms. The second-order valence-electron chi connectivity index (χ2n) is 17.1. The van der Waals surface area contributed by atoms with Gasteiger partial charge in [-0.15, -0.1) is 11.3 Å². The molecule has 19 nitrogen and oxygen atoms in total. The highest BCUT2D eigenvalue weighted by Crippen LogP contribution is 2.38. The fraction of sp³-hybridized carbons (Fsp3) is 0.447. The zero-order valence-corrected chi connectivity index (χ0v) is 39.0. The molecular formula is C47H57N11O8S. The van der Waals surface area contributed by atoms with Crippen LogP contribution in [0.2, 0.25) is 0 Å². The normalized spacial score (nSPS) is 18.7. The van der Waals surface area contributed by atoms with Crippen molar-refractivity contribution < 1.29 is 38.2 Å². The summed E-state index contributed by atoms with van der Waals surface area (Å²) in [5.41, 5.74) is 3.29. The molecule has 2 atom stereocenters. The van der Waals surface area contributed by atoms with Gasteiger partial charge in [-0.3, -0.25) is 34.1 Å². The molecule has 4 aliphatic heterocycles. The van der Waals surface area contributed by atoms with Crippen LogP contribution < -0.4 is 41.1 Å². The number of imide groups is 1. The lowest BCUT2D eigenvalue weighted by Gasteiger charge is -2.40. The molecule has 0 saturated carbocycles. The van der Waals surface area contributed by atoms with Gasteiger partial charge in [-0.05, 0) is 75.1 Å². The summed E-state index contributed by atoms with van der Waals surface area (Å²) in [6, 6.07) is 13.4. The first-order valence-corrected chi connectivity index (χ1v) is 23.5. The van der Waals surface area contributed by atoms with Gasteiger partial charge in [0.2, 0.25) is 29.6 Å². The van der Waals surface area contributed by atoms with E-state index in [2.05, 4.69) is 60.4 Å². The zero-order chi connectivity index (χ0) is 47.2. The number of carbonyl (C=O) groups is 6. The number of benzene rings is 2. The Morgan fingerprint density at radius 1 is 1.00 bits per heavy atom. The molecule has 1 unspecified atom stereocenters. The summed E-state index contributed by atoms with van der Waals surface area (Å²) in [4.78, 5) is 95.9. The highest BCUT2D eigenvalue weighted by molar-refractivity contribution is 7.11. The van der Waals surface area contributed by atoms with Gasteiger partial charge in [-0.25, -0.2) is 4.98 Å². The number of likely N-dealkylation sites (N-methyl/N-ethyl adjacent to an activating group) is 1. The lowest BCUT2D eigenvalue weighted by Crippen LogP contribution is -2.52. The Kier molecular flexibility index (Phi) is 14.7. The Hall–Kier alpha value is -6.48. The average molecular weight is 936 g/mol. The number of carbonyl (C=O) groups excluding carboxylic acids is 6. The third kappa shape index (κ3) is 10.7. The van der Waals surface area contributed by atoms with Gasteiger partial charge in [0, 0.05) is 84.4 Å². The van der Waals surface area contributed by atoms with Gasteiger partial charge in [-0.1, -0.05) is 13.0 Å². The predicted molar refractivity (Wildman–Crippen MR) is 253 cm³/mol. The van der Waals surface area contributed by atoms with E-state index in [-0.39, 0.29) is 67.6 Å². The first-order valence-electron chi connectivity index (χ1n) is 22.7. The van der Waals surface area contributed by atoms with Gasteiger partial charge in [-0.2, -0.15) is 4.98 Å². The van der Waals surface area contributed by atoms with Crippen molar-refractivity contribution >= 4 is 75.6 Å². The van der Waals surface area contributed by atoms with Crippen LogP contribution in [0.5, 0.6) is 5.75 Å². The number of aromatic nitrogens is 2. The molecule has 2 aromatic carbocycles. The molecule has 2 saturated heterocycles. The third-order valence-electron chi connectivity index (χ3n) is 12.6. The zero-order valence-electron chi connectivity index (χ0n) is 38.2. The van der Waals surface area contributed by atoms with Gasteiger partial charge in [0.1, 0.15) is 23.5 Å². The van der Waals surface area contributed by atoms with Crippen LogP contribution in [0.4, 0.5) is 28.8 Å². The van der Waals surface area contributed by atoms with E-state index in [4.69, 9.17) is 14.5 Å². The van der Waals surface area contributed by atoms with Crippen molar-refractivity contribution in [3.05, 3.63) is 81.2 Å². The SMILES string of the molecule is CC[C@@H]1C(=O)N(C)c2cnc(Nc3ccc(C(=O)NC4CCN(CCOCCNCC(=O)Nc5cccc6c5CN(C5CCC(=O)NC5=O)C6=O)CC4)cc3OC)nc2N1Cc1ccc(C)s1. The van der Waals surface area contributed by atoms with Crippen molar-refractivity contribution in [2.75, 3.05) is 80.5 Å². The maximum atomic E-state index is 13.4. The Morgan fingerprint density at radius 2 is 1.82 bits per heavy atom. The van der Waals surface area contributed by atoms with Crippen molar-refractivity contribution in [3.8, 4) is 5.75 Å². The number of thiophene rings is 1. The predicted octanol–water partition coefficient (Wildman–Crippen LogP) is 3.56. The maximum absolute atomic E-state index is 13.4. The largest absolute Gasteiger partial charge is 0.495 e. The molecule has 8 rings (SSSR count). The fourth-order valence-electron chi connectivity index (χ4n) is 8.98. The summed E-state index contributed by atoms with van der Waals surface area (Å²) in [5.74, 6) is -0.120. The molecule has 354 valence electrons. The number of methoxy groups -OCH3 is 1. The second-order valence-corrected chi connectivity index (χ2v) is 18.4. The summed E-state index contributed by atoms with van der Waals surface area (Å²) in [5, 5.41) is 14.7. The van der Waals surface area contributed by atoms with E-state index in [1.807, 2.05) is 6.92 Å². The van der Waals surface area contributed by atoms with Crippen LogP contribution >= 0.6 is 11.3 Å².